The van der Waals surface area contributed by atoms with Crippen LogP contribution in [0, 0.1) is 0 Å². The van der Waals surface area contributed by atoms with Crippen LogP contribution >= 0.6 is 0 Å². The lowest BCUT2D eigenvalue weighted by Crippen LogP contribution is -2.32. The molecule has 0 saturated heterocycles. The summed E-state index contributed by atoms with van der Waals surface area (Å²) in [7, 11) is 0. The SMILES string of the molecule is CCN(C(=O)c1ccccc1NC(=O)COc1ccc(C(C)(C)CC)cc1)c1ccccc1. The van der Waals surface area contributed by atoms with E-state index < -0.39 is 0 Å². The molecule has 0 spiro atoms. The number of amides is 2. The number of rotatable bonds is 9. The summed E-state index contributed by atoms with van der Waals surface area (Å²) >= 11 is 0. The molecule has 0 saturated carbocycles. The molecule has 0 unspecified atom stereocenters. The minimum atomic E-state index is -0.323. The van der Waals surface area contributed by atoms with Crippen molar-refractivity contribution in [3.05, 3.63) is 90.0 Å². The summed E-state index contributed by atoms with van der Waals surface area (Å²) in [4.78, 5) is 27.5. The highest BCUT2D eigenvalue weighted by atomic mass is 16.5. The van der Waals surface area contributed by atoms with Crippen molar-refractivity contribution in [2.24, 2.45) is 0 Å². The number of hydrogen-bond acceptors (Lipinski definition) is 3. The van der Waals surface area contributed by atoms with Crippen LogP contribution in [0.2, 0.25) is 0 Å². The molecule has 0 fully saturated rings. The molecule has 1 N–H and O–H groups in total. The number of anilines is 2. The number of ether oxygens (including phenoxy) is 1. The van der Waals surface area contributed by atoms with E-state index in [4.69, 9.17) is 4.74 Å². The Balaban J connectivity index is 1.67. The fourth-order valence-electron chi connectivity index (χ4n) is 3.52. The number of carbonyl (C=O) groups is 2. The third kappa shape index (κ3) is 6.01. The molecule has 33 heavy (non-hydrogen) atoms. The molecule has 3 aromatic carbocycles. The lowest BCUT2D eigenvalue weighted by Gasteiger charge is -2.23. The monoisotopic (exact) mass is 444 g/mol. The highest BCUT2D eigenvalue weighted by molar-refractivity contribution is 6.11. The summed E-state index contributed by atoms with van der Waals surface area (Å²) in [5.41, 5.74) is 3.03. The van der Waals surface area contributed by atoms with Crippen LogP contribution in [0.3, 0.4) is 0 Å². The molecule has 0 aliphatic heterocycles. The minimum Gasteiger partial charge on any atom is -0.484 e. The predicted molar refractivity (Wildman–Crippen MR) is 134 cm³/mol. The Morgan fingerprint density at radius 1 is 0.879 bits per heavy atom. The average molecular weight is 445 g/mol. The van der Waals surface area contributed by atoms with Gasteiger partial charge in [0.1, 0.15) is 5.75 Å². The first kappa shape index (κ1) is 24.1. The average Bonchev–Trinajstić information content (AvgIpc) is 2.84. The largest absolute Gasteiger partial charge is 0.484 e. The molecule has 3 rings (SSSR count). The third-order valence-corrected chi connectivity index (χ3v) is 5.95. The van der Waals surface area contributed by atoms with E-state index in [9.17, 15) is 9.59 Å². The van der Waals surface area contributed by atoms with Gasteiger partial charge in [-0.05, 0) is 60.7 Å². The second-order valence-corrected chi connectivity index (χ2v) is 8.53. The van der Waals surface area contributed by atoms with Crippen LogP contribution in [0.1, 0.15) is 50.0 Å². The molecule has 2 amide bonds. The minimum absolute atomic E-state index is 0.0955. The first-order valence-electron chi connectivity index (χ1n) is 11.3. The van der Waals surface area contributed by atoms with Crippen molar-refractivity contribution in [3.8, 4) is 5.75 Å². The van der Waals surface area contributed by atoms with Crippen LogP contribution in [0.5, 0.6) is 5.75 Å². The number of carbonyl (C=O) groups excluding carboxylic acids is 2. The first-order chi connectivity index (χ1) is 15.9. The van der Waals surface area contributed by atoms with Crippen LogP contribution in [0.4, 0.5) is 11.4 Å². The van der Waals surface area contributed by atoms with Crippen LogP contribution in [0.25, 0.3) is 0 Å². The summed E-state index contributed by atoms with van der Waals surface area (Å²) in [6.07, 6.45) is 1.04. The predicted octanol–water partition coefficient (Wildman–Crippen LogP) is 6.06. The molecule has 5 heteroatoms. The van der Waals surface area contributed by atoms with E-state index >= 15 is 0 Å². The van der Waals surface area contributed by atoms with Gasteiger partial charge < -0.3 is 15.0 Å². The number of nitrogens with one attached hydrogen (secondary N) is 1. The Morgan fingerprint density at radius 2 is 1.52 bits per heavy atom. The van der Waals surface area contributed by atoms with Gasteiger partial charge in [-0.25, -0.2) is 0 Å². The standard InChI is InChI=1S/C28H32N2O3/c1-5-28(3,4)21-16-18-23(19-17-21)33-20-26(31)29-25-15-11-10-14-24(25)27(32)30(6-2)22-12-8-7-9-13-22/h7-19H,5-6,20H2,1-4H3,(H,29,31). The van der Waals surface area contributed by atoms with Crippen molar-refractivity contribution < 1.29 is 14.3 Å². The van der Waals surface area contributed by atoms with Gasteiger partial charge in [0.15, 0.2) is 6.61 Å². The van der Waals surface area contributed by atoms with E-state index in [1.165, 1.54) is 5.56 Å². The molecule has 172 valence electrons. The molecular weight excluding hydrogens is 412 g/mol. The van der Waals surface area contributed by atoms with Crippen LogP contribution in [-0.2, 0) is 10.2 Å². The number of benzene rings is 3. The summed E-state index contributed by atoms with van der Waals surface area (Å²) < 4.78 is 5.67. The maximum Gasteiger partial charge on any atom is 0.262 e. The molecule has 0 aliphatic carbocycles. The molecule has 0 bridgehead atoms. The van der Waals surface area contributed by atoms with E-state index in [-0.39, 0.29) is 23.8 Å². The van der Waals surface area contributed by atoms with Crippen LogP contribution in [-0.4, -0.2) is 25.0 Å². The van der Waals surface area contributed by atoms with Crippen molar-refractivity contribution in [2.75, 3.05) is 23.4 Å². The summed E-state index contributed by atoms with van der Waals surface area (Å²) in [5.74, 6) is 0.136. The van der Waals surface area contributed by atoms with Gasteiger partial charge in [-0.1, -0.05) is 63.2 Å². The van der Waals surface area contributed by atoms with Gasteiger partial charge in [0.05, 0.1) is 11.3 Å². The van der Waals surface area contributed by atoms with Crippen LogP contribution < -0.4 is 15.0 Å². The van der Waals surface area contributed by atoms with Crippen molar-refractivity contribution in [3.63, 3.8) is 0 Å². The Kier molecular flexibility index (Phi) is 7.88. The van der Waals surface area contributed by atoms with Crippen molar-refractivity contribution in [1.82, 2.24) is 0 Å². The Morgan fingerprint density at radius 3 is 2.15 bits per heavy atom. The van der Waals surface area contributed by atoms with Gasteiger partial charge in [0, 0.05) is 12.2 Å². The fourth-order valence-corrected chi connectivity index (χ4v) is 3.52. The quantitative estimate of drug-likeness (QED) is 0.436. The van der Waals surface area contributed by atoms with Gasteiger partial charge in [-0.15, -0.1) is 0 Å². The summed E-state index contributed by atoms with van der Waals surface area (Å²) in [6, 6.07) is 24.4. The van der Waals surface area contributed by atoms with Gasteiger partial charge in [-0.2, -0.15) is 0 Å². The summed E-state index contributed by atoms with van der Waals surface area (Å²) in [6.45, 7) is 8.86. The van der Waals surface area contributed by atoms with Crippen molar-refractivity contribution >= 4 is 23.2 Å². The lowest BCUT2D eigenvalue weighted by molar-refractivity contribution is -0.118. The highest BCUT2D eigenvalue weighted by Crippen LogP contribution is 2.28. The lowest BCUT2D eigenvalue weighted by atomic mass is 9.82. The molecule has 0 radical (unpaired) electrons. The van der Waals surface area contributed by atoms with Crippen molar-refractivity contribution in [2.45, 2.75) is 39.5 Å². The number of hydrogen-bond donors (Lipinski definition) is 1. The molecule has 0 heterocycles. The number of para-hydroxylation sites is 2. The highest BCUT2D eigenvalue weighted by Gasteiger charge is 2.20. The smallest absolute Gasteiger partial charge is 0.262 e. The second kappa shape index (κ2) is 10.8. The maximum absolute atomic E-state index is 13.2. The van der Waals surface area contributed by atoms with E-state index in [1.54, 1.807) is 29.2 Å². The topological polar surface area (TPSA) is 58.6 Å². The zero-order valence-electron chi connectivity index (χ0n) is 19.8. The zero-order chi connectivity index (χ0) is 23.8. The van der Waals surface area contributed by atoms with Gasteiger partial charge >= 0.3 is 0 Å². The van der Waals surface area contributed by atoms with E-state index in [0.29, 0.717) is 23.5 Å². The van der Waals surface area contributed by atoms with Crippen molar-refractivity contribution in [1.29, 1.82) is 0 Å². The van der Waals surface area contributed by atoms with E-state index in [1.807, 2.05) is 61.5 Å². The van der Waals surface area contributed by atoms with Crippen LogP contribution in [0.15, 0.2) is 78.9 Å². The second-order valence-electron chi connectivity index (χ2n) is 8.53. The zero-order valence-corrected chi connectivity index (χ0v) is 19.8. The van der Waals surface area contributed by atoms with E-state index in [2.05, 4.69) is 26.1 Å². The first-order valence-corrected chi connectivity index (χ1v) is 11.3. The van der Waals surface area contributed by atoms with Gasteiger partial charge in [0.2, 0.25) is 0 Å². The summed E-state index contributed by atoms with van der Waals surface area (Å²) in [5, 5.41) is 2.83. The maximum atomic E-state index is 13.2. The Hall–Kier alpha value is -3.60. The molecule has 0 atom stereocenters. The van der Waals surface area contributed by atoms with E-state index in [0.717, 1.165) is 12.1 Å². The van der Waals surface area contributed by atoms with Gasteiger partial charge in [-0.3, -0.25) is 9.59 Å². The number of nitrogens with zero attached hydrogens (tertiary/aromatic N) is 1. The van der Waals surface area contributed by atoms with Gasteiger partial charge in [0.25, 0.3) is 11.8 Å². The molecule has 0 aromatic heterocycles. The molecule has 3 aromatic rings. The molecular formula is C28H32N2O3. The Labute approximate surface area is 196 Å². The molecule has 0 aliphatic rings. The fraction of sp³-hybridized carbons (Fsp3) is 0.286. The normalized spacial score (nSPS) is 11.0. The Bertz CT molecular complexity index is 1080. The third-order valence-electron chi connectivity index (χ3n) is 5.95. The molecule has 5 nitrogen and oxygen atoms in total.